The maximum absolute atomic E-state index is 14.0. The van der Waals surface area contributed by atoms with Crippen LogP contribution in [0.3, 0.4) is 0 Å². The van der Waals surface area contributed by atoms with Crippen molar-refractivity contribution in [1.29, 1.82) is 5.26 Å². The fourth-order valence-electron chi connectivity index (χ4n) is 3.64. The summed E-state index contributed by atoms with van der Waals surface area (Å²) in [7, 11) is 4.85. The first kappa shape index (κ1) is 28.5. The van der Waals surface area contributed by atoms with Crippen LogP contribution in [0.5, 0.6) is 11.5 Å². The maximum Gasteiger partial charge on any atom is 0.253 e. The van der Waals surface area contributed by atoms with E-state index < -0.39 is 11.3 Å². The summed E-state index contributed by atoms with van der Waals surface area (Å²) in [4.78, 5) is 19.1. The number of ether oxygens (including phenoxy) is 2. The molecular weight excluding hydrogens is 507 g/mol. The van der Waals surface area contributed by atoms with E-state index in [1.165, 1.54) is 44.3 Å². The summed E-state index contributed by atoms with van der Waals surface area (Å²) in [5.41, 5.74) is 7.95. The molecule has 4 rings (SSSR count). The van der Waals surface area contributed by atoms with Gasteiger partial charge >= 0.3 is 0 Å². The lowest BCUT2D eigenvalue weighted by Gasteiger charge is -2.25. The Balaban J connectivity index is 0.00000195. The fourth-order valence-corrected chi connectivity index (χ4v) is 4.49. The SMILES string of the molecule is CC.COc1ccc(F)cc1C1=C(C(=O)NC2NNC(C#Cc3cnc(C#N)c(OC)c3)S2)C=CN(C)C1. The fraction of sp³-hybridized carbons (Fsp3) is 0.296. The molecule has 0 radical (unpaired) electrons. The van der Waals surface area contributed by atoms with Gasteiger partial charge in [-0.15, -0.1) is 0 Å². The van der Waals surface area contributed by atoms with Gasteiger partial charge < -0.3 is 19.7 Å². The smallest absolute Gasteiger partial charge is 0.253 e. The van der Waals surface area contributed by atoms with Gasteiger partial charge in [-0.25, -0.2) is 20.2 Å². The van der Waals surface area contributed by atoms with Gasteiger partial charge in [-0.2, -0.15) is 5.26 Å². The molecular formula is C27H29FN6O3S. The molecule has 3 heterocycles. The lowest BCUT2D eigenvalue weighted by molar-refractivity contribution is -0.117. The minimum atomic E-state index is -0.457. The zero-order chi connectivity index (χ0) is 27.7. The molecule has 1 amide bonds. The molecule has 38 heavy (non-hydrogen) atoms. The molecule has 2 unspecified atom stereocenters. The highest BCUT2D eigenvalue weighted by Gasteiger charge is 2.28. The summed E-state index contributed by atoms with van der Waals surface area (Å²) < 4.78 is 24.6. The van der Waals surface area contributed by atoms with E-state index in [1.807, 2.05) is 31.9 Å². The molecule has 0 aliphatic carbocycles. The maximum atomic E-state index is 14.0. The van der Waals surface area contributed by atoms with Gasteiger partial charge in [-0.1, -0.05) is 37.5 Å². The van der Waals surface area contributed by atoms with Crippen molar-refractivity contribution >= 4 is 23.2 Å². The normalized spacial score (nSPS) is 18.0. The molecule has 0 bridgehead atoms. The number of hydrogen-bond donors (Lipinski definition) is 3. The van der Waals surface area contributed by atoms with Gasteiger partial charge in [-0.05, 0) is 36.0 Å². The topological polar surface area (TPSA) is 112 Å². The third-order valence-corrected chi connectivity index (χ3v) is 6.38. The average Bonchev–Trinajstić information content (AvgIpc) is 3.39. The molecule has 11 heteroatoms. The van der Waals surface area contributed by atoms with Crippen molar-refractivity contribution in [3.63, 3.8) is 0 Å². The van der Waals surface area contributed by atoms with Crippen molar-refractivity contribution in [2.45, 2.75) is 24.7 Å². The summed E-state index contributed by atoms with van der Waals surface area (Å²) in [6.45, 7) is 4.42. The largest absolute Gasteiger partial charge is 0.496 e. The van der Waals surface area contributed by atoms with E-state index >= 15 is 0 Å². The van der Waals surface area contributed by atoms with Gasteiger partial charge in [-0.3, -0.25) is 4.79 Å². The molecule has 198 valence electrons. The van der Waals surface area contributed by atoms with E-state index in [0.717, 1.165) is 0 Å². The number of benzene rings is 1. The van der Waals surface area contributed by atoms with Gasteiger partial charge in [0.25, 0.3) is 5.91 Å². The highest BCUT2D eigenvalue weighted by molar-refractivity contribution is 8.00. The number of nitrogens with zero attached hydrogens (tertiary/aromatic N) is 3. The van der Waals surface area contributed by atoms with Crippen molar-refractivity contribution in [1.82, 2.24) is 26.1 Å². The minimum Gasteiger partial charge on any atom is -0.496 e. The molecule has 2 aromatic rings. The molecule has 3 N–H and O–H groups in total. The number of hydrogen-bond acceptors (Lipinski definition) is 9. The van der Waals surface area contributed by atoms with Crippen LogP contribution >= 0.6 is 11.8 Å². The summed E-state index contributed by atoms with van der Waals surface area (Å²) in [6, 6.07) is 7.84. The summed E-state index contributed by atoms with van der Waals surface area (Å²) >= 11 is 1.37. The van der Waals surface area contributed by atoms with E-state index in [9.17, 15) is 9.18 Å². The van der Waals surface area contributed by atoms with Crippen molar-refractivity contribution in [2.75, 3.05) is 27.8 Å². The molecule has 2 atom stereocenters. The molecule has 1 fully saturated rings. The van der Waals surface area contributed by atoms with Crippen LogP contribution in [0.2, 0.25) is 0 Å². The molecule has 0 saturated carbocycles. The van der Waals surface area contributed by atoms with Gasteiger partial charge in [0.1, 0.15) is 28.5 Å². The van der Waals surface area contributed by atoms with Crippen molar-refractivity contribution < 1.29 is 18.7 Å². The van der Waals surface area contributed by atoms with Gasteiger partial charge in [0.15, 0.2) is 11.4 Å². The monoisotopic (exact) mass is 536 g/mol. The Morgan fingerprint density at radius 2 is 2.00 bits per heavy atom. The number of carbonyl (C=O) groups is 1. The number of likely N-dealkylation sites (N-methyl/N-ethyl adjacent to an activating group) is 1. The zero-order valence-electron chi connectivity index (χ0n) is 21.8. The second-order valence-corrected chi connectivity index (χ2v) is 9.00. The Morgan fingerprint density at radius 3 is 2.71 bits per heavy atom. The van der Waals surface area contributed by atoms with Crippen LogP contribution in [0, 0.1) is 29.0 Å². The molecule has 2 aliphatic heterocycles. The molecule has 9 nitrogen and oxygen atoms in total. The predicted octanol–water partition coefficient (Wildman–Crippen LogP) is 2.97. The van der Waals surface area contributed by atoms with Gasteiger partial charge in [0.05, 0.1) is 14.2 Å². The number of carbonyl (C=O) groups excluding carboxylic acids is 1. The Labute approximate surface area is 226 Å². The number of aromatic nitrogens is 1. The number of methoxy groups -OCH3 is 2. The van der Waals surface area contributed by atoms with Crippen LogP contribution in [0.15, 0.2) is 48.3 Å². The lowest BCUT2D eigenvalue weighted by Crippen LogP contribution is -2.44. The number of amides is 1. The molecule has 1 aromatic carbocycles. The van der Waals surface area contributed by atoms with Gasteiger partial charge in [0, 0.05) is 42.6 Å². The van der Waals surface area contributed by atoms with Crippen molar-refractivity contribution in [2.24, 2.45) is 0 Å². The van der Waals surface area contributed by atoms with Crippen LogP contribution in [-0.4, -0.2) is 54.5 Å². The Hall–Kier alpha value is -4.03. The first-order valence-corrected chi connectivity index (χ1v) is 12.7. The summed E-state index contributed by atoms with van der Waals surface area (Å²) in [5, 5.41) is 11.7. The third-order valence-electron chi connectivity index (χ3n) is 5.37. The number of halogens is 1. The highest BCUT2D eigenvalue weighted by Crippen LogP contribution is 2.32. The molecule has 1 aromatic heterocycles. The third kappa shape index (κ3) is 6.84. The van der Waals surface area contributed by atoms with Gasteiger partial charge in [0.2, 0.25) is 0 Å². The number of pyridine rings is 1. The van der Waals surface area contributed by atoms with E-state index in [1.54, 1.807) is 24.4 Å². The summed E-state index contributed by atoms with van der Waals surface area (Å²) in [5.74, 6) is 6.14. The van der Waals surface area contributed by atoms with E-state index in [0.29, 0.717) is 40.3 Å². The predicted molar refractivity (Wildman–Crippen MR) is 145 cm³/mol. The van der Waals surface area contributed by atoms with Crippen molar-refractivity contribution in [3.8, 4) is 29.4 Å². The van der Waals surface area contributed by atoms with Crippen LogP contribution < -0.4 is 25.6 Å². The molecule has 1 saturated heterocycles. The van der Waals surface area contributed by atoms with E-state index in [-0.39, 0.29) is 17.0 Å². The van der Waals surface area contributed by atoms with Crippen LogP contribution in [0.25, 0.3) is 5.57 Å². The lowest BCUT2D eigenvalue weighted by atomic mass is 9.95. The number of thioether (sulfide) groups is 1. The Bertz CT molecular complexity index is 1340. The van der Waals surface area contributed by atoms with Crippen LogP contribution in [-0.2, 0) is 4.79 Å². The average molecular weight is 537 g/mol. The number of rotatable bonds is 5. The minimum absolute atomic E-state index is 0.188. The quantitative estimate of drug-likeness (QED) is 0.497. The number of nitrogens with one attached hydrogen (secondary N) is 3. The number of hydrazine groups is 1. The molecule has 0 spiro atoms. The summed E-state index contributed by atoms with van der Waals surface area (Å²) in [6.07, 6.45) is 5.00. The first-order valence-electron chi connectivity index (χ1n) is 11.8. The van der Waals surface area contributed by atoms with Crippen LogP contribution in [0.1, 0.15) is 30.7 Å². The standard InChI is InChI=1S/C25H23FN6O3S.C2H6/c1-32-9-8-17(19(14-32)18-11-16(26)5-6-21(18)34-2)24(33)29-25-31-30-23(36-25)7-4-15-10-22(35-3)20(12-27)28-13-15;1-2/h5-6,8-11,13,23,25,30-31H,14H2,1-3H3,(H,29,33);1-2H3. The first-order chi connectivity index (χ1) is 18.4. The van der Waals surface area contributed by atoms with E-state index in [4.69, 9.17) is 14.7 Å². The Morgan fingerprint density at radius 1 is 1.24 bits per heavy atom. The second kappa shape index (κ2) is 13.5. The number of nitriles is 1. The second-order valence-electron chi connectivity index (χ2n) is 7.78. The highest BCUT2D eigenvalue weighted by atomic mass is 32.2. The van der Waals surface area contributed by atoms with E-state index in [2.05, 4.69) is 33.0 Å². The van der Waals surface area contributed by atoms with Crippen LogP contribution in [0.4, 0.5) is 4.39 Å². The van der Waals surface area contributed by atoms with Crippen molar-refractivity contribution in [3.05, 3.63) is 70.9 Å². The molecule has 2 aliphatic rings. The zero-order valence-corrected chi connectivity index (χ0v) is 22.6. The Kier molecular flexibility index (Phi) is 10.1.